The van der Waals surface area contributed by atoms with Gasteiger partial charge in [0.2, 0.25) is 7.58 Å². The molecule has 0 aliphatic carbocycles. The first-order chi connectivity index (χ1) is 10.5. The van der Waals surface area contributed by atoms with Crippen molar-refractivity contribution in [2.75, 3.05) is 9.34 Å². The quantitative estimate of drug-likeness (QED) is 0.606. The van der Waals surface area contributed by atoms with Crippen molar-refractivity contribution in [2.24, 2.45) is 0 Å². The minimum Gasteiger partial charge on any atom is -0.295 e. The lowest BCUT2D eigenvalue weighted by molar-refractivity contribution is 1.30. The van der Waals surface area contributed by atoms with Crippen LogP contribution in [-0.4, -0.2) is 0 Å². The molecule has 0 atom stereocenters. The summed E-state index contributed by atoms with van der Waals surface area (Å²) in [5.41, 5.74) is 7.44. The lowest BCUT2D eigenvalue weighted by atomic mass is 10.1. The molecule has 0 N–H and O–H groups in total. The van der Waals surface area contributed by atoms with E-state index < -0.39 is 7.58 Å². The van der Waals surface area contributed by atoms with Crippen molar-refractivity contribution in [2.45, 2.75) is 27.7 Å². The van der Waals surface area contributed by atoms with Gasteiger partial charge in [-0.25, -0.2) is 0 Å². The second-order valence-electron chi connectivity index (χ2n) is 5.71. The van der Waals surface area contributed by atoms with E-state index in [4.69, 9.17) is 11.2 Å². The second-order valence-corrected chi connectivity index (χ2v) is 7.96. The number of rotatable bonds is 2. The third-order valence-corrected chi connectivity index (χ3v) is 6.40. The zero-order valence-corrected chi connectivity index (χ0v) is 15.0. The second kappa shape index (κ2) is 5.95. The van der Waals surface area contributed by atoms with E-state index >= 15 is 0 Å². The monoisotopic (exact) mass is 330 g/mol. The van der Waals surface area contributed by atoms with Crippen molar-refractivity contribution in [3.8, 4) is 0 Å². The lowest BCUT2D eigenvalue weighted by Crippen LogP contribution is -2.13. The Labute approximate surface area is 138 Å². The smallest absolute Gasteiger partial charge is 0.206 e. The van der Waals surface area contributed by atoms with Crippen molar-refractivity contribution in [3.05, 3.63) is 71.1 Å². The molecule has 0 aromatic heterocycles. The highest BCUT2D eigenvalue weighted by Crippen LogP contribution is 2.59. The Balaban J connectivity index is 2.00. The minimum absolute atomic E-state index is 0.981. The Hall–Kier alpha value is -1.50. The van der Waals surface area contributed by atoms with Gasteiger partial charge in [0.1, 0.15) is 0 Å². The topological polar surface area (TPSA) is 6.48 Å². The molecule has 0 radical (unpaired) electrons. The zero-order chi connectivity index (χ0) is 15.9. The van der Waals surface area contributed by atoms with Gasteiger partial charge in [0.05, 0.1) is 11.4 Å². The van der Waals surface area contributed by atoms with Gasteiger partial charge in [0, 0.05) is 12.4 Å². The highest BCUT2D eigenvalue weighted by atomic mass is 35.7. The van der Waals surface area contributed by atoms with E-state index in [0.717, 1.165) is 0 Å². The van der Waals surface area contributed by atoms with Crippen LogP contribution in [0.2, 0.25) is 0 Å². The van der Waals surface area contributed by atoms with Crippen LogP contribution in [0, 0.1) is 27.7 Å². The molecular formula is C18H20ClN2P. The Bertz CT molecular complexity index is 640. The molecule has 2 aromatic carbocycles. The van der Waals surface area contributed by atoms with Crippen LogP contribution in [0.25, 0.3) is 0 Å². The molecule has 2 aromatic rings. The summed E-state index contributed by atoms with van der Waals surface area (Å²) < 4.78 is 4.40. The fraction of sp³-hybridized carbons (Fsp3) is 0.222. The molecule has 1 heterocycles. The van der Waals surface area contributed by atoms with Crippen molar-refractivity contribution in [1.82, 2.24) is 0 Å². The highest BCUT2D eigenvalue weighted by Gasteiger charge is 2.30. The predicted molar refractivity (Wildman–Crippen MR) is 98.7 cm³/mol. The van der Waals surface area contributed by atoms with Crippen LogP contribution >= 0.6 is 18.8 Å². The Morgan fingerprint density at radius 2 is 1.00 bits per heavy atom. The van der Waals surface area contributed by atoms with Gasteiger partial charge in [0.25, 0.3) is 0 Å². The highest BCUT2D eigenvalue weighted by molar-refractivity contribution is 7.86. The summed E-state index contributed by atoms with van der Waals surface area (Å²) in [5, 5.41) is 0. The minimum atomic E-state index is -0.981. The van der Waals surface area contributed by atoms with E-state index in [2.05, 4.69) is 85.8 Å². The van der Waals surface area contributed by atoms with Gasteiger partial charge >= 0.3 is 0 Å². The lowest BCUT2D eigenvalue weighted by Gasteiger charge is -2.30. The molecule has 3 rings (SSSR count). The van der Waals surface area contributed by atoms with Crippen LogP contribution in [0.4, 0.5) is 11.4 Å². The molecule has 0 spiro atoms. The van der Waals surface area contributed by atoms with Gasteiger partial charge in [-0.3, -0.25) is 9.34 Å². The number of hydrogen-bond acceptors (Lipinski definition) is 2. The summed E-state index contributed by atoms with van der Waals surface area (Å²) in [4.78, 5) is 0. The van der Waals surface area contributed by atoms with Crippen LogP contribution < -0.4 is 9.34 Å². The molecular weight excluding hydrogens is 311 g/mol. The van der Waals surface area contributed by atoms with Crippen LogP contribution in [0.3, 0.4) is 0 Å². The number of hydrogen-bond donors (Lipinski definition) is 0. The maximum Gasteiger partial charge on any atom is 0.206 e. The normalized spacial score (nSPS) is 15.0. The van der Waals surface area contributed by atoms with E-state index in [0.29, 0.717) is 0 Å². The molecule has 0 saturated heterocycles. The molecule has 0 amide bonds. The maximum atomic E-state index is 6.86. The van der Waals surface area contributed by atoms with E-state index in [1.54, 1.807) is 0 Å². The van der Waals surface area contributed by atoms with E-state index in [-0.39, 0.29) is 0 Å². The van der Waals surface area contributed by atoms with Crippen molar-refractivity contribution in [3.63, 3.8) is 0 Å². The average molecular weight is 331 g/mol. The van der Waals surface area contributed by atoms with Crippen LogP contribution in [0.15, 0.2) is 48.8 Å². The van der Waals surface area contributed by atoms with Crippen molar-refractivity contribution in [1.29, 1.82) is 0 Å². The first-order valence-corrected chi connectivity index (χ1v) is 9.51. The largest absolute Gasteiger partial charge is 0.295 e. The number of nitrogens with zero attached hydrogens (tertiary/aromatic N) is 2. The Morgan fingerprint density at radius 1 is 0.682 bits per heavy atom. The molecule has 0 unspecified atom stereocenters. The van der Waals surface area contributed by atoms with Crippen LogP contribution in [0.1, 0.15) is 22.3 Å². The zero-order valence-electron chi connectivity index (χ0n) is 13.3. The predicted octanol–water partition coefficient (Wildman–Crippen LogP) is 6.18. The first-order valence-electron chi connectivity index (χ1n) is 7.35. The molecule has 0 saturated carbocycles. The molecule has 1 aliphatic heterocycles. The van der Waals surface area contributed by atoms with Gasteiger partial charge in [-0.1, -0.05) is 36.4 Å². The Kier molecular flexibility index (Phi) is 4.16. The fourth-order valence-electron chi connectivity index (χ4n) is 2.99. The Morgan fingerprint density at radius 3 is 1.32 bits per heavy atom. The number of benzene rings is 2. The summed E-state index contributed by atoms with van der Waals surface area (Å²) in [6, 6.07) is 12.7. The maximum absolute atomic E-state index is 6.86. The summed E-state index contributed by atoms with van der Waals surface area (Å²) in [7, 11) is -0.981. The number of anilines is 2. The van der Waals surface area contributed by atoms with E-state index in [9.17, 15) is 0 Å². The first kappa shape index (κ1) is 15.4. The standard InChI is InChI=1S/C18H20ClN2P/c1-13-7-5-8-14(2)17(13)20-11-12-21(22(20)19)18-15(3)9-6-10-16(18)4/h5-12H,1-4H3. The summed E-state index contributed by atoms with van der Waals surface area (Å²) in [6.07, 6.45) is 4.19. The van der Waals surface area contributed by atoms with Gasteiger partial charge in [-0.05, 0) is 61.2 Å². The van der Waals surface area contributed by atoms with Crippen molar-refractivity contribution < 1.29 is 0 Å². The summed E-state index contributed by atoms with van der Waals surface area (Å²) >= 11 is 6.86. The van der Waals surface area contributed by atoms with Crippen LogP contribution in [-0.2, 0) is 0 Å². The molecule has 114 valence electrons. The van der Waals surface area contributed by atoms with Gasteiger partial charge in [0.15, 0.2) is 0 Å². The third kappa shape index (κ3) is 2.51. The SMILES string of the molecule is Cc1cccc(C)c1N1C=CN(c2c(C)cccc2C)P1Cl. The van der Waals surface area contributed by atoms with Gasteiger partial charge in [-0.2, -0.15) is 0 Å². The summed E-state index contributed by atoms with van der Waals surface area (Å²) in [5.74, 6) is 0. The number of halogens is 1. The fourth-order valence-corrected chi connectivity index (χ4v) is 5.25. The number of aryl methyl sites for hydroxylation is 4. The number of para-hydroxylation sites is 2. The van der Waals surface area contributed by atoms with E-state index in [1.165, 1.54) is 33.6 Å². The summed E-state index contributed by atoms with van der Waals surface area (Å²) in [6.45, 7) is 8.55. The molecule has 22 heavy (non-hydrogen) atoms. The molecule has 0 bridgehead atoms. The van der Waals surface area contributed by atoms with Crippen LogP contribution in [0.5, 0.6) is 0 Å². The molecule has 0 fully saturated rings. The molecule has 4 heteroatoms. The molecule has 1 aliphatic rings. The van der Waals surface area contributed by atoms with Gasteiger partial charge in [-0.15, -0.1) is 0 Å². The average Bonchev–Trinajstić information content (AvgIpc) is 2.81. The van der Waals surface area contributed by atoms with E-state index in [1.807, 2.05) is 0 Å². The van der Waals surface area contributed by atoms with Crippen molar-refractivity contribution >= 4 is 30.2 Å². The van der Waals surface area contributed by atoms with Gasteiger partial charge < -0.3 is 0 Å². The third-order valence-electron chi connectivity index (χ3n) is 4.04. The molecule has 2 nitrogen and oxygen atoms in total.